The number of hydrogen-bond acceptors (Lipinski definition) is 4. The third kappa shape index (κ3) is 16.3. The topological polar surface area (TPSA) is 48.1 Å². The van der Waals surface area contributed by atoms with Gasteiger partial charge in [-0.15, -0.1) is 0 Å². The highest BCUT2D eigenvalue weighted by atomic mass is 14.9. The molecule has 4 nitrogen and oxygen atoms in total. The van der Waals surface area contributed by atoms with Crippen LogP contribution >= 0.6 is 0 Å². The van der Waals surface area contributed by atoms with Crippen LogP contribution in [0.3, 0.4) is 0 Å². The molecule has 414 valence electrons. The van der Waals surface area contributed by atoms with E-state index in [2.05, 4.69) is 253 Å². The molecule has 0 aliphatic heterocycles. The summed E-state index contributed by atoms with van der Waals surface area (Å²) in [5.41, 5.74) is 22.3. The molecule has 0 aliphatic carbocycles. The van der Waals surface area contributed by atoms with E-state index in [1.807, 2.05) is 0 Å². The average molecular weight is 1040 g/mol. The number of allylic oxidation sites excluding steroid dienone is 4. The lowest BCUT2D eigenvalue weighted by atomic mass is 9.80. The van der Waals surface area contributed by atoms with E-state index in [9.17, 15) is 0 Å². The minimum Gasteiger partial charge on any atom is -0.355 e. The standard InChI is InChI=1S/C74H98N4/c1-18-20-22-24-26-28-45-73(14,15)57-37-41-59(42-38-57)75-67-49-69(63(53(7)8)47-61(67)51(3)4)77-65-31-30-32-66(71(65)55-33-35-56(36-34-55)72(11,12)13)78-70-50-68(62(52(5)6)48-64(70)54(9)10)76-60-43-39-58(40-44-60)74(16,17)46-29-27-25-23-21-19-2/h30-44,47-50,75-78H,3,5,7,9,18-29,45-46H2,1-2,4,6,8,10-17H3. The molecule has 0 aliphatic rings. The lowest BCUT2D eigenvalue weighted by Crippen LogP contribution is -2.16. The molecule has 0 saturated carbocycles. The van der Waals surface area contributed by atoms with Gasteiger partial charge in [0.05, 0.1) is 0 Å². The van der Waals surface area contributed by atoms with Gasteiger partial charge >= 0.3 is 0 Å². The van der Waals surface area contributed by atoms with Crippen molar-refractivity contribution in [3.05, 3.63) is 181 Å². The van der Waals surface area contributed by atoms with Crippen molar-refractivity contribution in [1.29, 1.82) is 0 Å². The predicted octanol–water partition coefficient (Wildman–Crippen LogP) is 23.8. The third-order valence-corrected chi connectivity index (χ3v) is 16.0. The summed E-state index contributed by atoms with van der Waals surface area (Å²) in [7, 11) is 0. The maximum absolute atomic E-state index is 4.50. The molecule has 0 aromatic heterocycles. The van der Waals surface area contributed by atoms with Crippen LogP contribution in [0.1, 0.15) is 219 Å². The van der Waals surface area contributed by atoms with Crippen molar-refractivity contribution < 1.29 is 0 Å². The van der Waals surface area contributed by atoms with Crippen LogP contribution in [-0.2, 0) is 16.2 Å². The fourth-order valence-corrected chi connectivity index (χ4v) is 10.8. The van der Waals surface area contributed by atoms with Crippen LogP contribution in [0.25, 0.3) is 33.4 Å². The SMILES string of the molecule is C=C(C)c1cc(C(=C)C)c(Nc2cccc(Nc3cc(Nc4ccc(C(C)(C)CCCCCCCC)cc4)c(C(=C)C)cc3C(=C)C)c2-c2ccc(C(C)(C)C)cc2)cc1Nc1ccc(C(C)(C)CCCCCCCC)cc1. The van der Waals surface area contributed by atoms with Gasteiger partial charge in [0, 0.05) is 73.3 Å². The van der Waals surface area contributed by atoms with Crippen LogP contribution < -0.4 is 21.3 Å². The maximum Gasteiger partial charge on any atom is 0.0485 e. The zero-order valence-corrected chi connectivity index (χ0v) is 50.7. The molecule has 0 radical (unpaired) electrons. The van der Waals surface area contributed by atoms with Crippen molar-refractivity contribution in [2.24, 2.45) is 0 Å². The number of hydrogen-bond donors (Lipinski definition) is 4. The second-order valence-electron chi connectivity index (χ2n) is 25.0. The molecule has 0 atom stereocenters. The Morgan fingerprint density at radius 3 is 1.01 bits per heavy atom. The molecule has 0 saturated heterocycles. The molecule has 0 unspecified atom stereocenters. The minimum absolute atomic E-state index is 0.00116. The summed E-state index contributed by atoms with van der Waals surface area (Å²) in [5.74, 6) is 0. The molecule has 0 heterocycles. The number of anilines is 8. The molecular weight excluding hydrogens is 945 g/mol. The normalized spacial score (nSPS) is 11.8. The second kappa shape index (κ2) is 27.4. The van der Waals surface area contributed by atoms with E-state index in [0.717, 1.165) is 101 Å². The molecule has 6 aromatic rings. The molecule has 0 amide bonds. The van der Waals surface area contributed by atoms with Gasteiger partial charge in [-0.25, -0.2) is 0 Å². The Hall–Kier alpha value is -6.52. The first-order valence-electron chi connectivity index (χ1n) is 29.6. The molecular formula is C74H98N4. The average Bonchev–Trinajstić information content (AvgIpc) is 3.43. The van der Waals surface area contributed by atoms with E-state index in [1.54, 1.807) is 0 Å². The minimum atomic E-state index is 0.00116. The Bertz CT molecular complexity index is 2820. The molecule has 0 spiro atoms. The lowest BCUT2D eigenvalue weighted by Gasteiger charge is -2.26. The fraction of sp³-hybridized carbons (Fsp3) is 0.405. The van der Waals surface area contributed by atoms with Crippen molar-refractivity contribution in [2.75, 3.05) is 21.3 Å². The number of rotatable bonds is 29. The largest absolute Gasteiger partial charge is 0.355 e. The van der Waals surface area contributed by atoms with Crippen LogP contribution in [0.2, 0.25) is 0 Å². The molecule has 4 N–H and O–H groups in total. The van der Waals surface area contributed by atoms with Gasteiger partial charge in [0.1, 0.15) is 0 Å². The third-order valence-electron chi connectivity index (χ3n) is 16.0. The van der Waals surface area contributed by atoms with Gasteiger partial charge in [0.15, 0.2) is 0 Å². The Balaban J connectivity index is 1.38. The van der Waals surface area contributed by atoms with Crippen molar-refractivity contribution in [3.63, 3.8) is 0 Å². The molecule has 78 heavy (non-hydrogen) atoms. The Labute approximate surface area is 474 Å². The summed E-state index contributed by atoms with van der Waals surface area (Å²) in [4.78, 5) is 0. The highest BCUT2D eigenvalue weighted by Gasteiger charge is 2.24. The van der Waals surface area contributed by atoms with Gasteiger partial charge in [0.2, 0.25) is 0 Å². The summed E-state index contributed by atoms with van der Waals surface area (Å²) in [5, 5.41) is 15.6. The maximum atomic E-state index is 4.50. The zero-order chi connectivity index (χ0) is 56.8. The first-order chi connectivity index (χ1) is 37.0. The van der Waals surface area contributed by atoms with Gasteiger partial charge in [-0.2, -0.15) is 0 Å². The van der Waals surface area contributed by atoms with E-state index in [-0.39, 0.29) is 16.2 Å². The molecule has 4 heteroatoms. The number of benzene rings is 6. The summed E-state index contributed by atoms with van der Waals surface area (Å²) in [6.45, 7) is 47.1. The Kier molecular flexibility index (Phi) is 21.3. The number of unbranched alkanes of at least 4 members (excludes halogenated alkanes) is 10. The zero-order valence-electron chi connectivity index (χ0n) is 50.7. The van der Waals surface area contributed by atoms with Gasteiger partial charge in [-0.1, -0.05) is 220 Å². The molecule has 0 fully saturated rings. The molecule has 0 bridgehead atoms. The van der Waals surface area contributed by atoms with E-state index in [4.69, 9.17) is 0 Å². The highest BCUT2D eigenvalue weighted by molar-refractivity contribution is 5.97. The van der Waals surface area contributed by atoms with Crippen molar-refractivity contribution in [3.8, 4) is 11.1 Å². The number of nitrogens with one attached hydrogen (secondary N) is 4. The van der Waals surface area contributed by atoms with Crippen LogP contribution in [0.4, 0.5) is 45.5 Å². The van der Waals surface area contributed by atoms with E-state index in [0.29, 0.717) is 0 Å². The fourth-order valence-electron chi connectivity index (χ4n) is 10.8. The summed E-state index contributed by atoms with van der Waals surface area (Å²) >= 11 is 0. The summed E-state index contributed by atoms with van der Waals surface area (Å²) in [6, 6.07) is 42.6. The van der Waals surface area contributed by atoms with E-state index >= 15 is 0 Å². The van der Waals surface area contributed by atoms with Crippen LogP contribution in [-0.4, -0.2) is 0 Å². The van der Waals surface area contributed by atoms with Crippen molar-refractivity contribution in [2.45, 2.75) is 196 Å². The summed E-state index contributed by atoms with van der Waals surface area (Å²) in [6.07, 6.45) is 18.1. The van der Waals surface area contributed by atoms with Gasteiger partial charge in [-0.05, 0) is 162 Å². The van der Waals surface area contributed by atoms with Gasteiger partial charge in [0.25, 0.3) is 0 Å². The highest BCUT2D eigenvalue weighted by Crippen LogP contribution is 2.45. The monoisotopic (exact) mass is 1040 g/mol. The van der Waals surface area contributed by atoms with Crippen LogP contribution in [0.15, 0.2) is 142 Å². The first kappa shape index (κ1) is 60.7. The van der Waals surface area contributed by atoms with Crippen LogP contribution in [0.5, 0.6) is 0 Å². The quantitative estimate of drug-likeness (QED) is 0.0354. The summed E-state index contributed by atoms with van der Waals surface area (Å²) < 4.78 is 0. The Morgan fingerprint density at radius 2 is 0.679 bits per heavy atom. The first-order valence-corrected chi connectivity index (χ1v) is 29.6. The molecule has 6 aromatic carbocycles. The van der Waals surface area contributed by atoms with Crippen molar-refractivity contribution >= 4 is 67.8 Å². The van der Waals surface area contributed by atoms with Gasteiger partial charge in [-0.3, -0.25) is 0 Å². The second-order valence-corrected chi connectivity index (χ2v) is 25.0. The van der Waals surface area contributed by atoms with Gasteiger partial charge < -0.3 is 21.3 Å². The Morgan fingerprint density at radius 1 is 0.359 bits per heavy atom. The van der Waals surface area contributed by atoms with E-state index in [1.165, 1.54) is 107 Å². The smallest absolute Gasteiger partial charge is 0.0485 e. The molecule has 6 rings (SSSR count). The van der Waals surface area contributed by atoms with Crippen molar-refractivity contribution in [1.82, 2.24) is 0 Å². The lowest BCUT2D eigenvalue weighted by molar-refractivity contribution is 0.442. The predicted molar refractivity (Wildman–Crippen MR) is 350 cm³/mol. The van der Waals surface area contributed by atoms with E-state index < -0.39 is 0 Å². The van der Waals surface area contributed by atoms with Crippen LogP contribution in [0, 0.1) is 0 Å².